The molecule has 0 aliphatic heterocycles. The summed E-state index contributed by atoms with van der Waals surface area (Å²) in [6, 6.07) is 2.12. The minimum absolute atomic E-state index is 0.581. The van der Waals surface area contributed by atoms with Gasteiger partial charge in [-0.15, -0.1) is 0 Å². The van der Waals surface area contributed by atoms with Crippen molar-refractivity contribution in [2.75, 3.05) is 6.61 Å². The number of H-pyrrole nitrogens is 1. The van der Waals surface area contributed by atoms with E-state index in [1.165, 1.54) is 17.0 Å². The lowest BCUT2D eigenvalue weighted by Gasteiger charge is -1.96. The van der Waals surface area contributed by atoms with Crippen LogP contribution in [0.15, 0.2) is 6.07 Å². The minimum atomic E-state index is 0.581. The van der Waals surface area contributed by atoms with Gasteiger partial charge in [0.25, 0.3) is 0 Å². The van der Waals surface area contributed by atoms with Crippen molar-refractivity contribution in [3.63, 3.8) is 0 Å². The smallest absolute Gasteiger partial charge is 0.0720 e. The Bertz CT molecular complexity index is 230. The molecule has 3 heteroatoms. The standard InChI is InChI=1S/C8H14N2O/c1-6-5-8(3-4-11-9)7(2)10-6/h5,10H,3-4,9H2,1-2H3. The van der Waals surface area contributed by atoms with E-state index in [1.807, 2.05) is 6.92 Å². The third-order valence-corrected chi connectivity index (χ3v) is 1.75. The molecule has 11 heavy (non-hydrogen) atoms. The summed E-state index contributed by atoms with van der Waals surface area (Å²) >= 11 is 0. The Morgan fingerprint density at radius 2 is 2.27 bits per heavy atom. The molecule has 0 fully saturated rings. The monoisotopic (exact) mass is 154 g/mol. The fourth-order valence-corrected chi connectivity index (χ4v) is 1.21. The summed E-state index contributed by atoms with van der Waals surface area (Å²) in [6.07, 6.45) is 0.882. The molecule has 0 saturated heterocycles. The Morgan fingerprint density at radius 1 is 1.55 bits per heavy atom. The van der Waals surface area contributed by atoms with Gasteiger partial charge in [0.2, 0.25) is 0 Å². The van der Waals surface area contributed by atoms with Gasteiger partial charge in [-0.2, -0.15) is 0 Å². The molecule has 1 rings (SSSR count). The Labute approximate surface area is 66.5 Å². The van der Waals surface area contributed by atoms with Crippen molar-refractivity contribution in [2.45, 2.75) is 20.3 Å². The van der Waals surface area contributed by atoms with Crippen molar-refractivity contribution in [3.05, 3.63) is 23.0 Å². The predicted molar refractivity (Wildman–Crippen MR) is 44.1 cm³/mol. The largest absolute Gasteiger partial charge is 0.362 e. The van der Waals surface area contributed by atoms with Gasteiger partial charge in [-0.05, 0) is 31.9 Å². The molecule has 0 aromatic carbocycles. The summed E-state index contributed by atoms with van der Waals surface area (Å²) in [4.78, 5) is 7.72. The molecule has 0 spiro atoms. The maximum Gasteiger partial charge on any atom is 0.0720 e. The molecule has 1 aromatic rings. The average Bonchev–Trinajstić information content (AvgIpc) is 2.26. The number of hydrogen-bond acceptors (Lipinski definition) is 2. The maximum absolute atomic E-state index is 4.92. The van der Waals surface area contributed by atoms with Crippen LogP contribution in [0.3, 0.4) is 0 Å². The lowest BCUT2D eigenvalue weighted by molar-refractivity contribution is 0.141. The molecule has 0 aliphatic carbocycles. The molecule has 1 heterocycles. The van der Waals surface area contributed by atoms with Crippen molar-refractivity contribution in [2.24, 2.45) is 5.90 Å². The number of nitrogens with two attached hydrogens (primary N) is 1. The first-order valence-corrected chi connectivity index (χ1v) is 3.71. The van der Waals surface area contributed by atoms with Crippen LogP contribution in [0.25, 0.3) is 0 Å². The van der Waals surface area contributed by atoms with Gasteiger partial charge in [-0.3, -0.25) is 0 Å². The van der Waals surface area contributed by atoms with Gasteiger partial charge in [-0.1, -0.05) is 0 Å². The lowest BCUT2D eigenvalue weighted by atomic mass is 10.2. The second-order valence-electron chi connectivity index (χ2n) is 2.72. The summed E-state index contributed by atoms with van der Waals surface area (Å²) in [6.45, 7) is 4.68. The van der Waals surface area contributed by atoms with Crippen LogP contribution in [0.2, 0.25) is 0 Å². The maximum atomic E-state index is 4.92. The highest BCUT2D eigenvalue weighted by molar-refractivity contribution is 5.24. The number of nitrogens with one attached hydrogen (secondary N) is 1. The fraction of sp³-hybridized carbons (Fsp3) is 0.500. The Hall–Kier alpha value is -0.800. The van der Waals surface area contributed by atoms with E-state index >= 15 is 0 Å². The van der Waals surface area contributed by atoms with Gasteiger partial charge < -0.3 is 9.82 Å². The average molecular weight is 154 g/mol. The van der Waals surface area contributed by atoms with E-state index in [-0.39, 0.29) is 0 Å². The van der Waals surface area contributed by atoms with Crippen LogP contribution in [0.1, 0.15) is 17.0 Å². The van der Waals surface area contributed by atoms with Crippen molar-refractivity contribution >= 4 is 0 Å². The van der Waals surface area contributed by atoms with E-state index in [2.05, 4.69) is 22.8 Å². The first-order valence-electron chi connectivity index (χ1n) is 3.71. The Balaban J connectivity index is 2.62. The van der Waals surface area contributed by atoms with Crippen molar-refractivity contribution in [1.29, 1.82) is 0 Å². The molecule has 3 nitrogen and oxygen atoms in total. The van der Waals surface area contributed by atoms with Crippen LogP contribution in [-0.4, -0.2) is 11.6 Å². The molecule has 1 aromatic heterocycles. The van der Waals surface area contributed by atoms with Gasteiger partial charge in [0, 0.05) is 11.4 Å². The van der Waals surface area contributed by atoms with Gasteiger partial charge in [0.05, 0.1) is 6.61 Å². The number of aromatic nitrogens is 1. The molecule has 0 bridgehead atoms. The van der Waals surface area contributed by atoms with Crippen LogP contribution >= 0.6 is 0 Å². The van der Waals surface area contributed by atoms with Crippen molar-refractivity contribution in [3.8, 4) is 0 Å². The van der Waals surface area contributed by atoms with E-state index in [9.17, 15) is 0 Å². The molecule has 0 unspecified atom stereocenters. The van der Waals surface area contributed by atoms with Gasteiger partial charge in [0.1, 0.15) is 0 Å². The third-order valence-electron chi connectivity index (χ3n) is 1.75. The number of hydrogen-bond donors (Lipinski definition) is 2. The quantitative estimate of drug-likeness (QED) is 0.640. The fourth-order valence-electron chi connectivity index (χ4n) is 1.21. The topological polar surface area (TPSA) is 51.0 Å². The zero-order valence-corrected chi connectivity index (χ0v) is 6.98. The summed E-state index contributed by atoms with van der Waals surface area (Å²) in [5, 5.41) is 0. The highest BCUT2D eigenvalue weighted by atomic mass is 16.6. The Kier molecular flexibility index (Phi) is 2.68. The summed E-state index contributed by atoms with van der Waals surface area (Å²) in [5.74, 6) is 4.92. The predicted octanol–water partition coefficient (Wildman–Crippen LogP) is 1.06. The molecule has 0 amide bonds. The van der Waals surface area contributed by atoms with Gasteiger partial charge in [-0.25, -0.2) is 5.90 Å². The van der Waals surface area contributed by atoms with E-state index in [4.69, 9.17) is 5.90 Å². The minimum Gasteiger partial charge on any atom is -0.362 e. The zero-order valence-electron chi connectivity index (χ0n) is 6.98. The second kappa shape index (κ2) is 3.55. The second-order valence-corrected chi connectivity index (χ2v) is 2.72. The molecule has 0 atom stereocenters. The zero-order chi connectivity index (χ0) is 8.27. The Morgan fingerprint density at radius 3 is 2.73 bits per heavy atom. The molecule has 0 aliphatic rings. The summed E-state index contributed by atoms with van der Waals surface area (Å²) < 4.78 is 0. The molecule has 3 N–H and O–H groups in total. The van der Waals surface area contributed by atoms with Crippen LogP contribution in [-0.2, 0) is 11.3 Å². The van der Waals surface area contributed by atoms with Crippen LogP contribution in [0, 0.1) is 13.8 Å². The number of aromatic amines is 1. The highest BCUT2D eigenvalue weighted by Crippen LogP contribution is 2.09. The molecule has 62 valence electrons. The first kappa shape index (κ1) is 8.30. The third kappa shape index (κ3) is 2.06. The van der Waals surface area contributed by atoms with E-state index in [0.29, 0.717) is 6.61 Å². The molecular weight excluding hydrogens is 140 g/mol. The van der Waals surface area contributed by atoms with Gasteiger partial charge >= 0.3 is 0 Å². The van der Waals surface area contributed by atoms with Crippen LogP contribution < -0.4 is 5.90 Å². The first-order chi connectivity index (χ1) is 5.24. The van der Waals surface area contributed by atoms with E-state index in [1.54, 1.807) is 0 Å². The SMILES string of the molecule is Cc1cc(CCON)c(C)[nH]1. The highest BCUT2D eigenvalue weighted by Gasteiger charge is 2.00. The van der Waals surface area contributed by atoms with Crippen LogP contribution in [0.5, 0.6) is 0 Å². The molecule has 0 radical (unpaired) electrons. The lowest BCUT2D eigenvalue weighted by Crippen LogP contribution is -2.03. The van der Waals surface area contributed by atoms with Crippen LogP contribution in [0.4, 0.5) is 0 Å². The van der Waals surface area contributed by atoms with Crippen molar-refractivity contribution < 1.29 is 4.84 Å². The molecular formula is C8H14N2O. The summed E-state index contributed by atoms with van der Waals surface area (Å²) in [5.41, 5.74) is 3.68. The van der Waals surface area contributed by atoms with E-state index in [0.717, 1.165) is 6.42 Å². The van der Waals surface area contributed by atoms with Gasteiger partial charge in [0.15, 0.2) is 0 Å². The number of rotatable bonds is 3. The van der Waals surface area contributed by atoms with E-state index < -0.39 is 0 Å². The number of aryl methyl sites for hydroxylation is 2. The molecule has 0 saturated carbocycles. The van der Waals surface area contributed by atoms with Crippen molar-refractivity contribution in [1.82, 2.24) is 4.98 Å². The summed E-state index contributed by atoms with van der Waals surface area (Å²) in [7, 11) is 0. The normalized spacial score (nSPS) is 10.5.